The monoisotopic (exact) mass is 793 g/mol. The molecule has 2 aromatic heterocycles. The van der Waals surface area contributed by atoms with E-state index in [1.807, 2.05) is 82.0 Å². The number of nitrogen functional groups attached to an aromatic ring is 1. The zero-order valence-corrected chi connectivity index (χ0v) is 32.9. The van der Waals surface area contributed by atoms with E-state index >= 15 is 0 Å². The van der Waals surface area contributed by atoms with Crippen molar-refractivity contribution in [3.05, 3.63) is 73.1 Å². The van der Waals surface area contributed by atoms with Crippen molar-refractivity contribution >= 4 is 46.5 Å². The highest BCUT2D eigenvalue weighted by molar-refractivity contribution is 8.00. The number of ether oxygens (including phenoxy) is 1. The lowest BCUT2D eigenvalue weighted by Crippen LogP contribution is -2.48. The van der Waals surface area contributed by atoms with Crippen molar-refractivity contribution in [3.8, 4) is 22.8 Å². The lowest BCUT2D eigenvalue weighted by molar-refractivity contribution is -0.125. The second kappa shape index (κ2) is 17.9. The Labute approximate surface area is 336 Å². The van der Waals surface area contributed by atoms with Crippen LogP contribution in [0.1, 0.15) is 38.1 Å². The number of aromatic nitrogens is 4. The number of thioether (sulfide) groups is 1. The van der Waals surface area contributed by atoms with Crippen LogP contribution in [0, 0.1) is 0 Å². The third-order valence-corrected chi connectivity index (χ3v) is 12.9. The minimum Gasteiger partial charge on any atom is -0.457 e. The van der Waals surface area contributed by atoms with Crippen LogP contribution in [0.15, 0.2) is 73.1 Å². The first-order chi connectivity index (χ1) is 27.9. The van der Waals surface area contributed by atoms with Gasteiger partial charge in [0, 0.05) is 88.0 Å². The van der Waals surface area contributed by atoms with E-state index in [9.17, 15) is 14.4 Å². The van der Waals surface area contributed by atoms with Gasteiger partial charge in [0.05, 0.1) is 23.5 Å². The summed E-state index contributed by atoms with van der Waals surface area (Å²) in [5.41, 5.74) is 8.61. The number of piperazine rings is 1. The maximum Gasteiger partial charge on any atom is 0.315 e. The van der Waals surface area contributed by atoms with Gasteiger partial charge < -0.3 is 31.3 Å². The zero-order valence-electron chi connectivity index (χ0n) is 32.1. The molecule has 6 heterocycles. The van der Waals surface area contributed by atoms with E-state index in [0.29, 0.717) is 59.6 Å². The average Bonchev–Trinajstić information content (AvgIpc) is 4.02. The van der Waals surface area contributed by atoms with E-state index in [1.54, 1.807) is 6.08 Å². The fourth-order valence-electron chi connectivity index (χ4n) is 8.22. The van der Waals surface area contributed by atoms with Gasteiger partial charge in [0.2, 0.25) is 11.8 Å². The van der Waals surface area contributed by atoms with Crippen molar-refractivity contribution in [1.29, 1.82) is 0 Å². The summed E-state index contributed by atoms with van der Waals surface area (Å²) in [6, 6.07) is 17.7. The van der Waals surface area contributed by atoms with Crippen LogP contribution in [0.3, 0.4) is 0 Å². The molecule has 4 aliphatic heterocycles. The maximum absolute atomic E-state index is 13.3. The van der Waals surface area contributed by atoms with Gasteiger partial charge >= 0.3 is 6.03 Å². The number of urea groups is 1. The Kier molecular flexibility index (Phi) is 12.2. The Morgan fingerprint density at radius 2 is 1.75 bits per heavy atom. The first kappa shape index (κ1) is 38.7. The molecule has 0 saturated carbocycles. The van der Waals surface area contributed by atoms with Crippen LogP contribution in [0.5, 0.6) is 11.5 Å². The molecule has 2 aromatic carbocycles. The van der Waals surface area contributed by atoms with Gasteiger partial charge in [-0.15, -0.1) is 0 Å². The zero-order chi connectivity index (χ0) is 39.1. The fraction of sp³-hybridized carbons (Fsp3) is 0.463. The number of hydrogen-bond donors (Lipinski definition) is 4. The van der Waals surface area contributed by atoms with Crippen molar-refractivity contribution in [2.75, 3.05) is 70.4 Å². The summed E-state index contributed by atoms with van der Waals surface area (Å²) in [5, 5.41) is 15.2. The summed E-state index contributed by atoms with van der Waals surface area (Å²) >= 11 is 1.92. The number of carbonyl (C=O) groups is 3. The number of nitrogens with two attached hydrogens (primary N) is 1. The quantitative estimate of drug-likeness (QED) is 0.0786. The van der Waals surface area contributed by atoms with E-state index in [1.165, 1.54) is 6.33 Å². The second-order valence-corrected chi connectivity index (χ2v) is 16.5. The molecule has 0 radical (unpaired) electrons. The normalized spacial score (nSPS) is 22.5. The molecule has 4 amide bonds. The van der Waals surface area contributed by atoms with Crippen LogP contribution in [0.25, 0.3) is 22.3 Å². The Bertz CT molecular complexity index is 2050. The van der Waals surface area contributed by atoms with Gasteiger partial charge in [0.1, 0.15) is 29.3 Å². The Hall–Kier alpha value is -5.19. The molecule has 4 saturated heterocycles. The van der Waals surface area contributed by atoms with Crippen LogP contribution in [-0.2, 0) is 9.59 Å². The third kappa shape index (κ3) is 9.35. The fourth-order valence-corrected chi connectivity index (χ4v) is 9.76. The van der Waals surface area contributed by atoms with Crippen molar-refractivity contribution in [3.63, 3.8) is 0 Å². The summed E-state index contributed by atoms with van der Waals surface area (Å²) in [6.45, 7) is 7.05. The predicted octanol–water partition coefficient (Wildman–Crippen LogP) is 3.66. The van der Waals surface area contributed by atoms with Gasteiger partial charge in [0.15, 0.2) is 5.65 Å². The second-order valence-electron chi connectivity index (χ2n) is 15.2. The number of unbranched alkanes of at least 4 members (excludes halogenated alkanes) is 1. The number of likely N-dealkylation sites (tertiary alicyclic amines) is 1. The Morgan fingerprint density at radius 3 is 2.58 bits per heavy atom. The highest BCUT2D eigenvalue weighted by Gasteiger charge is 2.42. The summed E-state index contributed by atoms with van der Waals surface area (Å²) in [6.07, 6.45) is 9.30. The molecule has 5 N–H and O–H groups in total. The molecule has 4 fully saturated rings. The topological polar surface area (TPSA) is 176 Å². The summed E-state index contributed by atoms with van der Waals surface area (Å²) in [5.74, 6) is 2.91. The Balaban J connectivity index is 0.746. The molecule has 300 valence electrons. The molecular weight excluding hydrogens is 743 g/mol. The van der Waals surface area contributed by atoms with Crippen LogP contribution < -0.4 is 26.4 Å². The summed E-state index contributed by atoms with van der Waals surface area (Å²) < 4.78 is 7.88. The van der Waals surface area contributed by atoms with Gasteiger partial charge in [0.25, 0.3) is 0 Å². The standard InChI is InChI=1S/C41H51N11O4S/c42-39-36-37(28-12-14-31(15-13-28)56-30-7-2-1-3-8-30)48-52(40(36)45-27-44-39)29-16-19-51(25-29)35(54)11-6-18-49-21-23-50(24-22-49)20-17-43-34(53)10-5-4-9-33-38-32(26-57-33)46-41(55)47-38/h1-3,6-8,11-15,27,29,32-33,38H,4-5,9-10,16-26H2,(H,43,53)(H2,42,44,45)(H2,46,47,55)/b11-6+/t29-,32+,33?,38+/m1/s1. The molecule has 1 unspecified atom stereocenters. The summed E-state index contributed by atoms with van der Waals surface area (Å²) in [7, 11) is 0. The van der Waals surface area contributed by atoms with Crippen LogP contribution >= 0.6 is 11.8 Å². The molecule has 4 aromatic rings. The van der Waals surface area contributed by atoms with E-state index in [0.717, 1.165) is 82.0 Å². The lowest BCUT2D eigenvalue weighted by Gasteiger charge is -2.34. The molecule has 16 heteroatoms. The minimum absolute atomic E-state index is 0.00242. The predicted molar refractivity (Wildman–Crippen MR) is 221 cm³/mol. The molecular formula is C41H51N11O4S. The number of fused-ring (bicyclic) bond motifs is 2. The van der Waals surface area contributed by atoms with Crippen molar-refractivity contribution in [2.24, 2.45) is 0 Å². The molecule has 8 rings (SSSR count). The van der Waals surface area contributed by atoms with Gasteiger partial charge in [-0.2, -0.15) is 16.9 Å². The number of para-hydroxylation sites is 1. The molecule has 15 nitrogen and oxygen atoms in total. The number of nitrogens with zero attached hydrogens (tertiary/aromatic N) is 7. The Morgan fingerprint density at radius 1 is 0.965 bits per heavy atom. The number of carbonyl (C=O) groups excluding carboxylic acids is 3. The van der Waals surface area contributed by atoms with Gasteiger partial charge in [-0.05, 0) is 55.7 Å². The van der Waals surface area contributed by atoms with Crippen molar-refractivity contribution in [1.82, 2.24) is 50.4 Å². The minimum atomic E-state index is -0.0540. The van der Waals surface area contributed by atoms with E-state index in [4.69, 9.17) is 15.6 Å². The smallest absolute Gasteiger partial charge is 0.315 e. The molecule has 4 aliphatic rings. The first-order valence-electron chi connectivity index (χ1n) is 20.1. The van der Waals surface area contributed by atoms with E-state index in [-0.39, 0.29) is 36.0 Å². The highest BCUT2D eigenvalue weighted by Crippen LogP contribution is 2.35. The number of rotatable bonds is 15. The molecule has 0 bridgehead atoms. The highest BCUT2D eigenvalue weighted by atomic mass is 32.2. The molecule has 4 atom stereocenters. The van der Waals surface area contributed by atoms with Crippen LogP contribution in [0.2, 0.25) is 0 Å². The molecule has 57 heavy (non-hydrogen) atoms. The van der Waals surface area contributed by atoms with Crippen molar-refractivity contribution in [2.45, 2.75) is 55.5 Å². The number of benzene rings is 2. The van der Waals surface area contributed by atoms with Gasteiger partial charge in [-0.25, -0.2) is 19.4 Å². The largest absolute Gasteiger partial charge is 0.457 e. The lowest BCUT2D eigenvalue weighted by atomic mass is 10.0. The third-order valence-electron chi connectivity index (χ3n) is 11.4. The van der Waals surface area contributed by atoms with Crippen LogP contribution in [0.4, 0.5) is 10.6 Å². The van der Waals surface area contributed by atoms with Crippen molar-refractivity contribution < 1.29 is 19.1 Å². The summed E-state index contributed by atoms with van der Waals surface area (Å²) in [4.78, 5) is 52.7. The van der Waals surface area contributed by atoms with E-state index < -0.39 is 0 Å². The number of amides is 4. The van der Waals surface area contributed by atoms with Gasteiger partial charge in [-0.1, -0.05) is 30.7 Å². The SMILES string of the molecule is Nc1ncnc2c1c(-c1ccc(Oc3ccccc3)cc1)nn2[C@@H]1CCN(C(=O)/C=C/CN2CCN(CCNC(=O)CCCCC3SC[C@@H]4NC(=O)N[C@H]34)CC2)C1. The molecule has 0 spiro atoms. The molecule has 0 aliphatic carbocycles. The number of hydrogen-bond acceptors (Lipinski definition) is 11. The number of nitrogens with one attached hydrogen (secondary N) is 3. The maximum atomic E-state index is 13.3. The van der Waals surface area contributed by atoms with E-state index in [2.05, 4.69) is 35.7 Å². The average molecular weight is 794 g/mol. The van der Waals surface area contributed by atoms with Gasteiger partial charge in [-0.3, -0.25) is 19.4 Å². The van der Waals surface area contributed by atoms with Crippen LogP contribution in [-0.4, -0.2) is 134 Å². The first-order valence-corrected chi connectivity index (χ1v) is 21.1. The number of anilines is 1.